The van der Waals surface area contributed by atoms with Gasteiger partial charge in [0.2, 0.25) is 5.78 Å². The van der Waals surface area contributed by atoms with Gasteiger partial charge in [-0.25, -0.2) is 4.79 Å². The van der Waals surface area contributed by atoms with Crippen molar-refractivity contribution in [3.8, 4) is 5.75 Å². The van der Waals surface area contributed by atoms with E-state index in [1.165, 1.54) is 6.08 Å². The molecule has 106 valence electrons. The van der Waals surface area contributed by atoms with Crippen LogP contribution in [0.15, 0.2) is 30.3 Å². The van der Waals surface area contributed by atoms with Gasteiger partial charge in [-0.1, -0.05) is 18.2 Å². The third kappa shape index (κ3) is 5.06. The molecule has 5 nitrogen and oxygen atoms in total. The maximum absolute atomic E-state index is 11.5. The number of carbonyl (C=O) groups is 3. The van der Waals surface area contributed by atoms with Gasteiger partial charge < -0.3 is 9.47 Å². The van der Waals surface area contributed by atoms with Crippen molar-refractivity contribution >= 4 is 23.6 Å². The molecule has 20 heavy (non-hydrogen) atoms. The lowest BCUT2D eigenvalue weighted by Crippen LogP contribution is -2.19. The second-order valence-corrected chi connectivity index (χ2v) is 3.89. The van der Waals surface area contributed by atoms with Crippen LogP contribution in [-0.4, -0.2) is 31.3 Å². The van der Waals surface area contributed by atoms with E-state index in [0.717, 1.165) is 5.56 Å². The zero-order valence-electron chi connectivity index (χ0n) is 11.4. The summed E-state index contributed by atoms with van der Waals surface area (Å²) in [5.74, 6) is -1.54. The molecule has 0 heterocycles. The Balaban J connectivity index is 2.54. The smallest absolute Gasteiger partial charge is 0.375 e. The third-order valence-electron chi connectivity index (χ3n) is 2.42. The topological polar surface area (TPSA) is 69.7 Å². The van der Waals surface area contributed by atoms with Gasteiger partial charge in [0, 0.05) is 0 Å². The minimum absolute atomic E-state index is 0.112. The first kappa shape index (κ1) is 15.6. The van der Waals surface area contributed by atoms with Gasteiger partial charge in [-0.15, -0.1) is 0 Å². The van der Waals surface area contributed by atoms with Gasteiger partial charge in [0.05, 0.1) is 20.1 Å². The van der Waals surface area contributed by atoms with Crippen LogP contribution in [0.3, 0.4) is 0 Å². The van der Waals surface area contributed by atoms with Crippen LogP contribution >= 0.6 is 0 Å². The Morgan fingerprint density at radius 1 is 1.15 bits per heavy atom. The van der Waals surface area contributed by atoms with Crippen molar-refractivity contribution in [2.45, 2.75) is 13.3 Å². The summed E-state index contributed by atoms with van der Waals surface area (Å²) < 4.78 is 9.52. The Labute approximate surface area is 117 Å². The maximum Gasteiger partial charge on any atom is 0.375 e. The molecule has 0 aliphatic rings. The third-order valence-corrected chi connectivity index (χ3v) is 2.42. The van der Waals surface area contributed by atoms with Gasteiger partial charge in [-0.05, 0) is 30.7 Å². The molecule has 0 N–H and O–H groups in total. The quantitative estimate of drug-likeness (QED) is 0.329. The fraction of sp³-hybridized carbons (Fsp3) is 0.267. The summed E-state index contributed by atoms with van der Waals surface area (Å²) in [5, 5.41) is 0. The number of hydrogen-bond acceptors (Lipinski definition) is 5. The highest BCUT2D eigenvalue weighted by atomic mass is 16.5. The molecule has 0 aromatic heterocycles. The van der Waals surface area contributed by atoms with Crippen LogP contribution in [0.5, 0.6) is 5.75 Å². The minimum atomic E-state index is -0.973. The van der Waals surface area contributed by atoms with Crippen molar-refractivity contribution in [3.63, 3.8) is 0 Å². The number of ketones is 2. The highest BCUT2D eigenvalue weighted by Gasteiger charge is 2.17. The summed E-state index contributed by atoms with van der Waals surface area (Å²) >= 11 is 0. The van der Waals surface area contributed by atoms with E-state index in [0.29, 0.717) is 5.75 Å². The van der Waals surface area contributed by atoms with Gasteiger partial charge in [0.25, 0.3) is 0 Å². The second kappa shape index (κ2) is 7.89. The molecule has 5 heteroatoms. The number of rotatable bonds is 7. The molecule has 1 rings (SSSR count). The standard InChI is InChI=1S/C15H16O5/c1-3-20-15(18)14(17)10-12(16)7-4-11-5-8-13(19-2)9-6-11/h4-9H,3,10H2,1-2H3. The van der Waals surface area contributed by atoms with E-state index in [4.69, 9.17) is 4.74 Å². The average Bonchev–Trinajstić information content (AvgIpc) is 2.45. The largest absolute Gasteiger partial charge is 0.497 e. The van der Waals surface area contributed by atoms with Gasteiger partial charge >= 0.3 is 5.97 Å². The van der Waals surface area contributed by atoms with Crippen LogP contribution in [0, 0.1) is 0 Å². The first-order valence-electron chi connectivity index (χ1n) is 6.11. The van der Waals surface area contributed by atoms with Crippen LogP contribution in [0.2, 0.25) is 0 Å². The fourth-order valence-corrected chi connectivity index (χ4v) is 1.41. The number of hydrogen-bond donors (Lipinski definition) is 0. The van der Waals surface area contributed by atoms with Crippen LogP contribution in [-0.2, 0) is 19.1 Å². The normalized spacial score (nSPS) is 10.3. The van der Waals surface area contributed by atoms with E-state index in [2.05, 4.69) is 4.74 Å². The number of carbonyl (C=O) groups excluding carboxylic acids is 3. The molecule has 0 amide bonds. The first-order valence-corrected chi connectivity index (χ1v) is 6.11. The highest BCUT2D eigenvalue weighted by molar-refractivity contribution is 6.37. The van der Waals surface area contributed by atoms with Crippen LogP contribution in [0.25, 0.3) is 6.08 Å². The Morgan fingerprint density at radius 2 is 1.80 bits per heavy atom. The molecule has 0 atom stereocenters. The van der Waals surface area contributed by atoms with Crippen molar-refractivity contribution in [3.05, 3.63) is 35.9 Å². The summed E-state index contributed by atoms with van der Waals surface area (Å²) in [5.41, 5.74) is 0.794. The Hall–Kier alpha value is -2.43. The zero-order valence-corrected chi connectivity index (χ0v) is 11.4. The number of esters is 1. The van der Waals surface area contributed by atoms with Crippen LogP contribution < -0.4 is 4.74 Å². The first-order chi connectivity index (χ1) is 9.56. The van der Waals surface area contributed by atoms with Gasteiger partial charge in [-0.3, -0.25) is 9.59 Å². The maximum atomic E-state index is 11.5. The fourth-order valence-electron chi connectivity index (χ4n) is 1.41. The van der Waals surface area contributed by atoms with E-state index in [-0.39, 0.29) is 6.61 Å². The van der Waals surface area contributed by atoms with Gasteiger partial charge in [0.15, 0.2) is 5.78 Å². The molecule has 0 fully saturated rings. The predicted molar refractivity (Wildman–Crippen MR) is 73.3 cm³/mol. The van der Waals surface area contributed by atoms with Crippen molar-refractivity contribution in [2.75, 3.05) is 13.7 Å². The van der Waals surface area contributed by atoms with E-state index >= 15 is 0 Å². The zero-order chi connectivity index (χ0) is 15.0. The monoisotopic (exact) mass is 276 g/mol. The van der Waals surface area contributed by atoms with Crippen molar-refractivity contribution < 1.29 is 23.9 Å². The van der Waals surface area contributed by atoms with Crippen molar-refractivity contribution in [2.24, 2.45) is 0 Å². The molecule has 0 aliphatic heterocycles. The van der Waals surface area contributed by atoms with E-state index < -0.39 is 24.0 Å². The van der Waals surface area contributed by atoms with E-state index in [9.17, 15) is 14.4 Å². The lowest BCUT2D eigenvalue weighted by atomic mass is 10.1. The molecule has 0 saturated carbocycles. The van der Waals surface area contributed by atoms with Crippen molar-refractivity contribution in [1.82, 2.24) is 0 Å². The molecule has 1 aromatic rings. The molecular weight excluding hydrogens is 260 g/mol. The molecule has 0 radical (unpaired) electrons. The Bertz CT molecular complexity index is 514. The van der Waals surface area contributed by atoms with Crippen LogP contribution in [0.4, 0.5) is 0 Å². The SMILES string of the molecule is CCOC(=O)C(=O)CC(=O)C=Cc1ccc(OC)cc1. The summed E-state index contributed by atoms with van der Waals surface area (Å²) in [4.78, 5) is 33.9. The molecule has 0 saturated heterocycles. The minimum Gasteiger partial charge on any atom is -0.497 e. The average molecular weight is 276 g/mol. The number of benzene rings is 1. The van der Waals surface area contributed by atoms with E-state index in [1.54, 1.807) is 44.4 Å². The van der Waals surface area contributed by atoms with Crippen LogP contribution in [0.1, 0.15) is 18.9 Å². The van der Waals surface area contributed by atoms with Gasteiger partial charge in [0.1, 0.15) is 5.75 Å². The number of Topliss-reactive ketones (excluding diaryl/α,β-unsaturated/α-hetero) is 1. The molecule has 0 spiro atoms. The van der Waals surface area contributed by atoms with Crippen molar-refractivity contribution in [1.29, 1.82) is 0 Å². The summed E-state index contributed by atoms with van der Waals surface area (Å²) in [7, 11) is 1.56. The molecule has 1 aromatic carbocycles. The number of allylic oxidation sites excluding steroid dienone is 1. The lowest BCUT2D eigenvalue weighted by Gasteiger charge is -1.99. The lowest BCUT2D eigenvalue weighted by molar-refractivity contribution is -0.154. The second-order valence-electron chi connectivity index (χ2n) is 3.89. The number of ether oxygens (including phenoxy) is 2. The van der Waals surface area contributed by atoms with E-state index in [1.807, 2.05) is 0 Å². The molecule has 0 bridgehead atoms. The Morgan fingerprint density at radius 3 is 2.35 bits per heavy atom. The summed E-state index contributed by atoms with van der Waals surface area (Å²) in [6, 6.07) is 7.06. The Kier molecular flexibility index (Phi) is 6.16. The highest BCUT2D eigenvalue weighted by Crippen LogP contribution is 2.12. The predicted octanol–water partition coefficient (Wildman–Crippen LogP) is 1.80. The summed E-state index contributed by atoms with van der Waals surface area (Å²) in [6.45, 7) is 1.71. The molecular formula is C15H16O5. The summed E-state index contributed by atoms with van der Waals surface area (Å²) in [6.07, 6.45) is 2.35. The molecule has 0 unspecified atom stereocenters. The molecule has 0 aliphatic carbocycles. The van der Waals surface area contributed by atoms with Gasteiger partial charge in [-0.2, -0.15) is 0 Å². The number of methoxy groups -OCH3 is 1.